The third kappa shape index (κ3) is 7.79. The molecule has 3 aliphatic heterocycles. The third-order valence-corrected chi connectivity index (χ3v) is 10.7. The maximum atomic E-state index is 15.5. The van der Waals surface area contributed by atoms with Crippen LogP contribution in [-0.4, -0.2) is 96.5 Å². The van der Waals surface area contributed by atoms with Gasteiger partial charge in [0.15, 0.2) is 0 Å². The Bertz CT molecular complexity index is 2130. The second kappa shape index (κ2) is 16.0. The molecule has 2 N–H and O–H groups in total. The number of carbonyl (C=O) groups is 2. The van der Waals surface area contributed by atoms with Gasteiger partial charge in [-0.05, 0) is 81.5 Å². The Labute approximate surface area is 318 Å². The summed E-state index contributed by atoms with van der Waals surface area (Å²) in [6, 6.07) is 4.86. The lowest BCUT2D eigenvalue weighted by Crippen LogP contribution is -2.45. The first-order valence-corrected chi connectivity index (χ1v) is 19.2. The first kappa shape index (κ1) is 39.1. The average Bonchev–Trinajstić information content (AvgIpc) is 3.76. The van der Waals surface area contributed by atoms with Crippen LogP contribution in [0.1, 0.15) is 69.7 Å². The Balaban J connectivity index is 0.00000245. The number of anilines is 2. The van der Waals surface area contributed by atoms with Crippen LogP contribution in [0.3, 0.4) is 0 Å². The van der Waals surface area contributed by atoms with E-state index in [-0.39, 0.29) is 53.1 Å². The van der Waals surface area contributed by atoms with Gasteiger partial charge in [0.1, 0.15) is 47.1 Å². The zero-order chi connectivity index (χ0) is 38.9. The van der Waals surface area contributed by atoms with Crippen molar-refractivity contribution >= 4 is 55.1 Å². The van der Waals surface area contributed by atoms with Crippen LogP contribution in [0.5, 0.6) is 6.01 Å². The number of hydrogen-bond donors (Lipinski definition) is 2. The van der Waals surface area contributed by atoms with Gasteiger partial charge >= 0.3 is 12.1 Å². The Kier molecular flexibility index (Phi) is 11.6. The fourth-order valence-corrected chi connectivity index (χ4v) is 8.26. The Morgan fingerprint density at radius 3 is 2.63 bits per heavy atom. The number of piperidine rings is 1. The second-order valence-electron chi connectivity index (χ2n) is 14.5. The summed E-state index contributed by atoms with van der Waals surface area (Å²) < 4.78 is 39.4. The molecule has 0 bridgehead atoms. The zero-order valence-electron chi connectivity index (χ0n) is 32.1. The lowest BCUT2D eigenvalue weighted by Gasteiger charge is -2.31. The van der Waals surface area contributed by atoms with Crippen molar-refractivity contribution in [1.29, 1.82) is 5.26 Å². The molecule has 0 saturated carbocycles. The Morgan fingerprint density at radius 1 is 1.15 bits per heavy atom. The van der Waals surface area contributed by atoms with Gasteiger partial charge in [-0.25, -0.2) is 9.18 Å². The molecule has 2 fully saturated rings. The molecule has 288 valence electrons. The van der Waals surface area contributed by atoms with E-state index in [9.17, 15) is 14.9 Å². The Hall–Kier alpha value is -4.62. The van der Waals surface area contributed by atoms with Crippen molar-refractivity contribution in [3.63, 3.8) is 0 Å². The maximum absolute atomic E-state index is 15.5. The molecule has 5 heterocycles. The largest absolute Gasteiger partial charge is 0.461 e. The van der Waals surface area contributed by atoms with E-state index in [0.29, 0.717) is 53.8 Å². The first-order chi connectivity index (χ1) is 25.8. The minimum Gasteiger partial charge on any atom is -0.461 e. The van der Waals surface area contributed by atoms with E-state index in [0.717, 1.165) is 46.6 Å². The molecular weight excluding hydrogens is 714 g/mol. The van der Waals surface area contributed by atoms with E-state index in [4.69, 9.17) is 28.9 Å². The number of likely N-dealkylation sites (N-methyl/N-ethyl adjacent to an activating group) is 2. The number of hydrogen-bond acceptors (Lipinski definition) is 12. The molecule has 2 aromatic carbocycles. The van der Waals surface area contributed by atoms with Gasteiger partial charge in [-0.2, -0.15) is 15.2 Å². The predicted octanol–water partition coefficient (Wildman–Crippen LogP) is 6.98. The quantitative estimate of drug-likeness (QED) is 0.201. The number of fused-ring (bicyclic) bond motifs is 4. The number of thiophene rings is 1. The molecule has 4 aromatic rings. The van der Waals surface area contributed by atoms with Crippen LogP contribution < -0.4 is 15.4 Å². The lowest BCUT2D eigenvalue weighted by molar-refractivity contribution is -0.132. The Morgan fingerprint density at radius 2 is 1.91 bits per heavy atom. The number of likely N-dealkylation sites (tertiary alicyclic amines) is 1. The summed E-state index contributed by atoms with van der Waals surface area (Å²) in [5, 5.41) is 17.8. The number of nitriles is 1. The van der Waals surface area contributed by atoms with Gasteiger partial charge in [0.25, 0.3) is 0 Å². The van der Waals surface area contributed by atoms with Crippen molar-refractivity contribution in [2.45, 2.75) is 85.3 Å². The molecule has 0 aliphatic carbocycles. The molecule has 15 heteroatoms. The number of ether oxygens (including phenoxy) is 4. The molecule has 2 unspecified atom stereocenters. The van der Waals surface area contributed by atoms with E-state index in [1.165, 1.54) is 6.07 Å². The molecule has 2 aromatic heterocycles. The number of amides is 2. The van der Waals surface area contributed by atoms with Gasteiger partial charge in [0, 0.05) is 37.5 Å². The van der Waals surface area contributed by atoms with Crippen LogP contribution in [0, 0.1) is 24.1 Å². The predicted molar refractivity (Wildman–Crippen MR) is 206 cm³/mol. The number of nitrogens with zero attached hydrogens (tertiary/aromatic N) is 5. The van der Waals surface area contributed by atoms with Crippen LogP contribution >= 0.6 is 11.3 Å². The fraction of sp³-hybridized carbons (Fsp3) is 0.513. The van der Waals surface area contributed by atoms with E-state index in [1.807, 2.05) is 27.8 Å². The molecular formula is C39H48FN7O6S. The molecule has 2 saturated heterocycles. The second-order valence-corrected chi connectivity index (χ2v) is 15.6. The molecule has 2 amide bonds. The molecule has 0 radical (unpaired) electrons. The van der Waals surface area contributed by atoms with E-state index < -0.39 is 23.6 Å². The van der Waals surface area contributed by atoms with Gasteiger partial charge in [0.05, 0.1) is 35.6 Å². The SMILES string of the molecule is CC.Cc1c(-c2ccc(F)c3sc(NC(=O)OC(C)(C)C)c(C#N)c23)c2c(c3c(NC4CCCN(C)C4=O)nc(OCC4CN(C)CCO4)nc13)COC2. The van der Waals surface area contributed by atoms with E-state index >= 15 is 4.39 Å². The number of rotatable bonds is 7. The van der Waals surface area contributed by atoms with Gasteiger partial charge in [0.2, 0.25) is 5.91 Å². The summed E-state index contributed by atoms with van der Waals surface area (Å²) >= 11 is 0.978. The molecule has 3 aliphatic rings. The lowest BCUT2D eigenvalue weighted by atomic mass is 9.87. The summed E-state index contributed by atoms with van der Waals surface area (Å²) in [4.78, 5) is 39.7. The topological polar surface area (TPSA) is 151 Å². The standard InChI is InChI=1S/C37H42FN7O6S.C2H6/c1-19-27(21-9-10-25(38)31-28(21)22(14-39)33(52-31)43-36(47)51-37(2,3)4)23-17-48-18-24(23)29-30(19)41-35(50-16-20-15-44(5)12-13-49-20)42-32(29)40-26-8-7-11-45(6)34(26)46;1-2/h9-10,20,26H,7-8,11-13,15-18H2,1-6H3,(H,43,47)(H,40,41,42);1-2H3. The summed E-state index contributed by atoms with van der Waals surface area (Å²) in [6.07, 6.45) is 0.569. The van der Waals surface area contributed by atoms with Gasteiger partial charge < -0.3 is 34.1 Å². The fourth-order valence-electron chi connectivity index (χ4n) is 7.19. The highest BCUT2D eigenvalue weighted by molar-refractivity contribution is 7.23. The number of benzene rings is 2. The van der Waals surface area contributed by atoms with Crippen molar-refractivity contribution in [1.82, 2.24) is 19.8 Å². The monoisotopic (exact) mass is 761 g/mol. The summed E-state index contributed by atoms with van der Waals surface area (Å²) in [5.74, 6) is -0.0783. The maximum Gasteiger partial charge on any atom is 0.412 e. The average molecular weight is 762 g/mol. The highest BCUT2D eigenvalue weighted by Crippen LogP contribution is 2.48. The molecule has 0 spiro atoms. The molecule has 13 nitrogen and oxygen atoms in total. The van der Waals surface area contributed by atoms with Gasteiger partial charge in [-0.1, -0.05) is 19.9 Å². The van der Waals surface area contributed by atoms with Crippen molar-refractivity contribution in [2.75, 3.05) is 57.6 Å². The van der Waals surface area contributed by atoms with Crippen molar-refractivity contribution in [3.8, 4) is 23.2 Å². The van der Waals surface area contributed by atoms with E-state index in [2.05, 4.69) is 21.6 Å². The minimum absolute atomic E-state index is 0.0219. The van der Waals surface area contributed by atoms with Crippen LogP contribution in [0.4, 0.5) is 20.0 Å². The minimum atomic E-state index is -0.773. The van der Waals surface area contributed by atoms with Crippen LogP contribution in [0.15, 0.2) is 12.1 Å². The highest BCUT2D eigenvalue weighted by atomic mass is 32.1. The summed E-state index contributed by atoms with van der Waals surface area (Å²) in [5.41, 5.74) is 3.68. The molecule has 2 atom stereocenters. The zero-order valence-corrected chi connectivity index (χ0v) is 33.0. The third-order valence-electron chi connectivity index (χ3n) is 9.58. The molecule has 54 heavy (non-hydrogen) atoms. The van der Waals surface area contributed by atoms with Crippen molar-refractivity contribution < 1.29 is 32.9 Å². The van der Waals surface area contributed by atoms with Gasteiger partial charge in [-0.15, -0.1) is 11.3 Å². The van der Waals surface area contributed by atoms with Crippen LogP contribution in [-0.2, 0) is 32.2 Å². The number of halogens is 1. The number of morpholine rings is 1. The highest BCUT2D eigenvalue weighted by Gasteiger charge is 2.33. The normalized spacial score (nSPS) is 18.9. The summed E-state index contributed by atoms with van der Waals surface area (Å²) in [6.45, 7) is 14.7. The van der Waals surface area contributed by atoms with Gasteiger partial charge in [-0.3, -0.25) is 10.1 Å². The van der Waals surface area contributed by atoms with Crippen molar-refractivity contribution in [3.05, 3.63) is 40.2 Å². The molecule has 7 rings (SSSR count). The van der Waals surface area contributed by atoms with Crippen molar-refractivity contribution in [2.24, 2.45) is 0 Å². The number of carbonyl (C=O) groups excluding carboxylic acids is 2. The first-order valence-electron chi connectivity index (χ1n) is 18.4. The number of aromatic nitrogens is 2. The van der Waals surface area contributed by atoms with E-state index in [1.54, 1.807) is 38.8 Å². The van der Waals surface area contributed by atoms with Crippen LogP contribution in [0.25, 0.3) is 32.1 Å². The smallest absolute Gasteiger partial charge is 0.412 e. The number of aryl methyl sites for hydroxylation is 1. The van der Waals surface area contributed by atoms with Crippen LogP contribution in [0.2, 0.25) is 0 Å². The summed E-state index contributed by atoms with van der Waals surface area (Å²) in [7, 11) is 3.83. The number of nitrogens with one attached hydrogen (secondary N) is 2.